The zero-order valence-corrected chi connectivity index (χ0v) is 11.9. The number of ether oxygens (including phenoxy) is 1. The van der Waals surface area contributed by atoms with Crippen molar-refractivity contribution in [3.8, 4) is 5.75 Å². The Balaban J connectivity index is 1.79. The molecule has 0 aliphatic carbocycles. The van der Waals surface area contributed by atoms with Crippen LogP contribution in [0.1, 0.15) is 5.82 Å². The van der Waals surface area contributed by atoms with E-state index in [0.717, 1.165) is 38.9 Å². The van der Waals surface area contributed by atoms with Crippen LogP contribution in [0.25, 0.3) is 11.0 Å². The summed E-state index contributed by atoms with van der Waals surface area (Å²) in [6.07, 6.45) is 0. The number of methoxy groups -OCH3 is 1. The quantitative estimate of drug-likeness (QED) is 0.569. The van der Waals surface area contributed by atoms with Gasteiger partial charge in [0, 0.05) is 10.6 Å². The molecule has 0 fully saturated rings. The molecule has 3 N–H and O–H groups in total. The van der Waals surface area contributed by atoms with Crippen LogP contribution >= 0.6 is 11.8 Å². The Morgan fingerprint density at radius 1 is 1.25 bits per heavy atom. The molecule has 0 aliphatic heterocycles. The van der Waals surface area contributed by atoms with E-state index in [9.17, 15) is 0 Å². The minimum atomic E-state index is 0.741. The van der Waals surface area contributed by atoms with E-state index in [2.05, 4.69) is 9.97 Å². The van der Waals surface area contributed by atoms with Gasteiger partial charge in [0.1, 0.15) is 11.6 Å². The largest absolute Gasteiger partial charge is 0.496 e. The molecule has 0 atom stereocenters. The van der Waals surface area contributed by atoms with Crippen LogP contribution in [-0.4, -0.2) is 17.1 Å². The van der Waals surface area contributed by atoms with E-state index in [1.54, 1.807) is 18.9 Å². The zero-order chi connectivity index (χ0) is 13.9. The summed E-state index contributed by atoms with van der Waals surface area (Å²) < 4.78 is 5.34. The Morgan fingerprint density at radius 3 is 2.95 bits per heavy atom. The number of anilines is 1. The summed E-state index contributed by atoms with van der Waals surface area (Å²) in [7, 11) is 1.68. The molecule has 3 rings (SSSR count). The maximum absolute atomic E-state index is 5.77. The molecular formula is C15H15N3OS. The predicted octanol–water partition coefficient (Wildman–Crippen LogP) is 3.45. The van der Waals surface area contributed by atoms with E-state index in [1.807, 2.05) is 42.5 Å². The third kappa shape index (κ3) is 2.58. The number of hydrogen-bond acceptors (Lipinski definition) is 4. The molecular weight excluding hydrogens is 270 g/mol. The number of nitrogens with two attached hydrogens (primary N) is 1. The molecule has 0 radical (unpaired) electrons. The Bertz CT molecular complexity index is 739. The lowest BCUT2D eigenvalue weighted by molar-refractivity contribution is 0.405. The monoisotopic (exact) mass is 285 g/mol. The topological polar surface area (TPSA) is 63.9 Å². The highest BCUT2D eigenvalue weighted by Gasteiger charge is 2.06. The van der Waals surface area contributed by atoms with Gasteiger partial charge in [-0.3, -0.25) is 0 Å². The van der Waals surface area contributed by atoms with Crippen molar-refractivity contribution in [3.63, 3.8) is 0 Å². The van der Waals surface area contributed by atoms with E-state index in [0.29, 0.717) is 0 Å². The summed E-state index contributed by atoms with van der Waals surface area (Å²) in [6, 6.07) is 13.7. The van der Waals surface area contributed by atoms with Crippen LogP contribution in [0.2, 0.25) is 0 Å². The fraction of sp³-hybridized carbons (Fsp3) is 0.133. The van der Waals surface area contributed by atoms with Gasteiger partial charge in [-0.2, -0.15) is 0 Å². The number of para-hydroxylation sites is 1. The van der Waals surface area contributed by atoms with Crippen LogP contribution in [0.4, 0.5) is 5.69 Å². The molecule has 4 nitrogen and oxygen atoms in total. The number of benzene rings is 2. The van der Waals surface area contributed by atoms with Crippen molar-refractivity contribution in [1.82, 2.24) is 9.97 Å². The van der Waals surface area contributed by atoms with E-state index in [4.69, 9.17) is 10.5 Å². The van der Waals surface area contributed by atoms with Gasteiger partial charge in [-0.25, -0.2) is 4.98 Å². The molecule has 0 amide bonds. The van der Waals surface area contributed by atoms with Gasteiger partial charge in [-0.15, -0.1) is 11.8 Å². The van der Waals surface area contributed by atoms with Crippen molar-refractivity contribution in [2.75, 3.05) is 12.8 Å². The maximum Gasteiger partial charge on any atom is 0.132 e. The fourth-order valence-electron chi connectivity index (χ4n) is 2.03. The number of fused-ring (bicyclic) bond motifs is 1. The van der Waals surface area contributed by atoms with Crippen LogP contribution in [0.15, 0.2) is 47.4 Å². The number of nitrogens with zero attached hydrogens (tertiary/aromatic N) is 1. The van der Waals surface area contributed by atoms with Crippen LogP contribution in [0, 0.1) is 0 Å². The predicted molar refractivity (Wildman–Crippen MR) is 83.1 cm³/mol. The molecule has 0 spiro atoms. The number of imidazole rings is 1. The summed E-state index contributed by atoms with van der Waals surface area (Å²) in [5, 5.41) is 0. The zero-order valence-electron chi connectivity index (χ0n) is 11.1. The van der Waals surface area contributed by atoms with Gasteiger partial charge in [0.15, 0.2) is 0 Å². The lowest BCUT2D eigenvalue weighted by Gasteiger charge is -2.06. The number of thioether (sulfide) groups is 1. The molecule has 2 aromatic carbocycles. The highest BCUT2D eigenvalue weighted by Crippen LogP contribution is 2.31. The number of H-pyrrole nitrogens is 1. The minimum absolute atomic E-state index is 0.741. The molecule has 20 heavy (non-hydrogen) atoms. The highest BCUT2D eigenvalue weighted by atomic mass is 32.2. The number of aromatic nitrogens is 2. The van der Waals surface area contributed by atoms with Crippen molar-refractivity contribution in [3.05, 3.63) is 48.3 Å². The summed E-state index contributed by atoms with van der Waals surface area (Å²) >= 11 is 1.69. The van der Waals surface area contributed by atoms with Crippen LogP contribution < -0.4 is 10.5 Å². The smallest absolute Gasteiger partial charge is 0.132 e. The molecule has 1 heterocycles. The molecule has 5 heteroatoms. The molecule has 1 aromatic heterocycles. The lowest BCUT2D eigenvalue weighted by atomic mass is 10.3. The first-order valence-corrected chi connectivity index (χ1v) is 7.25. The first kappa shape index (κ1) is 12.9. The van der Waals surface area contributed by atoms with Gasteiger partial charge in [0.2, 0.25) is 0 Å². The number of aromatic amines is 1. The van der Waals surface area contributed by atoms with Crippen molar-refractivity contribution in [1.29, 1.82) is 0 Å². The van der Waals surface area contributed by atoms with E-state index >= 15 is 0 Å². The third-order valence-corrected chi connectivity index (χ3v) is 4.05. The molecule has 0 bridgehead atoms. The molecule has 0 saturated heterocycles. The van der Waals surface area contributed by atoms with Crippen LogP contribution in [0.5, 0.6) is 5.75 Å². The van der Waals surface area contributed by atoms with Crippen molar-refractivity contribution >= 4 is 28.5 Å². The molecule has 3 aromatic rings. The second-order valence-corrected chi connectivity index (χ2v) is 5.42. The van der Waals surface area contributed by atoms with Crippen molar-refractivity contribution in [2.45, 2.75) is 10.6 Å². The van der Waals surface area contributed by atoms with Gasteiger partial charge in [-0.05, 0) is 30.3 Å². The molecule has 0 unspecified atom stereocenters. The molecule has 0 saturated carbocycles. The average molecular weight is 285 g/mol. The van der Waals surface area contributed by atoms with Crippen molar-refractivity contribution in [2.24, 2.45) is 0 Å². The van der Waals surface area contributed by atoms with E-state index in [1.165, 1.54) is 0 Å². The number of nitrogen functional groups attached to an aromatic ring is 1. The Hall–Kier alpha value is -2.14. The summed E-state index contributed by atoms with van der Waals surface area (Å²) in [5.74, 6) is 2.58. The number of rotatable bonds is 4. The summed E-state index contributed by atoms with van der Waals surface area (Å²) in [6.45, 7) is 0. The second-order valence-electron chi connectivity index (χ2n) is 4.40. The minimum Gasteiger partial charge on any atom is -0.496 e. The Kier molecular flexibility index (Phi) is 3.52. The van der Waals surface area contributed by atoms with Gasteiger partial charge >= 0.3 is 0 Å². The van der Waals surface area contributed by atoms with Gasteiger partial charge < -0.3 is 15.5 Å². The Morgan fingerprint density at radius 2 is 2.10 bits per heavy atom. The van der Waals surface area contributed by atoms with Crippen molar-refractivity contribution < 1.29 is 4.74 Å². The number of nitrogens with one attached hydrogen (secondary N) is 1. The van der Waals surface area contributed by atoms with Crippen LogP contribution in [0.3, 0.4) is 0 Å². The average Bonchev–Trinajstić information content (AvgIpc) is 2.87. The summed E-state index contributed by atoms with van der Waals surface area (Å²) in [5.41, 5.74) is 8.42. The van der Waals surface area contributed by atoms with Gasteiger partial charge in [-0.1, -0.05) is 12.1 Å². The first-order chi connectivity index (χ1) is 9.76. The third-order valence-electron chi connectivity index (χ3n) is 2.99. The molecule has 102 valence electrons. The standard InChI is InChI=1S/C15H15N3OS/c1-19-13-4-2-3-5-14(13)20-9-15-17-11-7-6-10(16)8-12(11)18-15/h2-8H,9,16H2,1H3,(H,17,18). The highest BCUT2D eigenvalue weighted by molar-refractivity contribution is 7.98. The SMILES string of the molecule is COc1ccccc1SCc1nc2ccc(N)cc2[nH]1. The van der Waals surface area contributed by atoms with Crippen LogP contribution in [-0.2, 0) is 5.75 Å². The normalized spacial score (nSPS) is 10.8. The second kappa shape index (κ2) is 5.46. The lowest BCUT2D eigenvalue weighted by Crippen LogP contribution is -1.87. The first-order valence-electron chi connectivity index (χ1n) is 6.26. The van der Waals surface area contributed by atoms with Gasteiger partial charge in [0.05, 0.1) is 23.9 Å². The maximum atomic E-state index is 5.77. The molecule has 0 aliphatic rings. The van der Waals surface area contributed by atoms with E-state index in [-0.39, 0.29) is 0 Å². The number of hydrogen-bond donors (Lipinski definition) is 2. The van der Waals surface area contributed by atoms with Gasteiger partial charge in [0.25, 0.3) is 0 Å². The van der Waals surface area contributed by atoms with E-state index < -0.39 is 0 Å². The summed E-state index contributed by atoms with van der Waals surface area (Å²) in [4.78, 5) is 8.95. The Labute approximate surface area is 121 Å². The fourth-order valence-corrected chi connectivity index (χ4v) is 2.93.